The zero-order chi connectivity index (χ0) is 13.1. The Labute approximate surface area is 115 Å². The molecule has 5 heteroatoms. The summed E-state index contributed by atoms with van der Waals surface area (Å²) in [6.07, 6.45) is 0.670. The van der Waals surface area contributed by atoms with Crippen molar-refractivity contribution in [2.75, 3.05) is 6.54 Å². The molecule has 96 valence electrons. The van der Waals surface area contributed by atoms with E-state index in [0.717, 1.165) is 15.7 Å². The number of hydrogen-bond donors (Lipinski definition) is 1. The van der Waals surface area contributed by atoms with Crippen molar-refractivity contribution < 1.29 is 4.79 Å². The highest BCUT2D eigenvalue weighted by atomic mass is 79.9. The molecule has 1 unspecified atom stereocenters. The number of benzene rings is 1. The lowest BCUT2D eigenvalue weighted by molar-refractivity contribution is -0.132. The zero-order valence-corrected chi connectivity index (χ0v) is 11.9. The fraction of sp³-hybridized carbons (Fsp3) is 0.385. The predicted molar refractivity (Wildman–Crippen MR) is 75.0 cm³/mol. The summed E-state index contributed by atoms with van der Waals surface area (Å²) in [7, 11) is 0. The molecule has 0 fully saturated rings. The van der Waals surface area contributed by atoms with Gasteiger partial charge in [-0.25, -0.2) is 5.01 Å². The molecule has 0 aromatic heterocycles. The summed E-state index contributed by atoms with van der Waals surface area (Å²) < 4.78 is 1.01. The smallest absolute Gasteiger partial charge is 0.251 e. The second-order valence-electron chi connectivity index (χ2n) is 4.40. The van der Waals surface area contributed by atoms with Crippen LogP contribution in [0.2, 0.25) is 0 Å². The minimum absolute atomic E-state index is 0.0536. The van der Waals surface area contributed by atoms with Crippen molar-refractivity contribution in [3.05, 3.63) is 34.3 Å². The summed E-state index contributed by atoms with van der Waals surface area (Å²) in [4.78, 5) is 12.1. The number of nitrogens with two attached hydrogens (primary N) is 1. The number of amides is 1. The third-order valence-electron chi connectivity index (χ3n) is 3.01. The van der Waals surface area contributed by atoms with Gasteiger partial charge in [-0.3, -0.25) is 4.79 Å². The van der Waals surface area contributed by atoms with Gasteiger partial charge in [-0.15, -0.1) is 0 Å². The highest BCUT2D eigenvalue weighted by Crippen LogP contribution is 2.21. The molecule has 2 N–H and O–H groups in total. The maximum atomic E-state index is 12.1. The SMILES string of the molecule is CC1=NN(Cc2cccc(Br)c2)C(=O)C1CCN. The van der Waals surface area contributed by atoms with Gasteiger partial charge in [0.2, 0.25) is 0 Å². The summed E-state index contributed by atoms with van der Waals surface area (Å²) in [5.41, 5.74) is 7.44. The lowest BCUT2D eigenvalue weighted by Crippen LogP contribution is -2.28. The normalized spacial score (nSPS) is 19.3. The maximum absolute atomic E-state index is 12.1. The molecule has 2 rings (SSSR count). The molecule has 0 saturated carbocycles. The molecule has 1 aliphatic heterocycles. The van der Waals surface area contributed by atoms with E-state index in [1.54, 1.807) is 0 Å². The third-order valence-corrected chi connectivity index (χ3v) is 3.51. The van der Waals surface area contributed by atoms with Crippen molar-refractivity contribution in [2.24, 2.45) is 16.8 Å². The average molecular weight is 310 g/mol. The van der Waals surface area contributed by atoms with Gasteiger partial charge in [0.05, 0.1) is 12.5 Å². The number of halogens is 1. The van der Waals surface area contributed by atoms with Crippen molar-refractivity contribution >= 4 is 27.5 Å². The monoisotopic (exact) mass is 309 g/mol. The molecule has 1 heterocycles. The molecule has 0 saturated heterocycles. The van der Waals surface area contributed by atoms with Crippen molar-refractivity contribution in [1.82, 2.24) is 5.01 Å². The van der Waals surface area contributed by atoms with Crippen LogP contribution in [-0.2, 0) is 11.3 Å². The Bertz CT molecular complexity index is 487. The Morgan fingerprint density at radius 1 is 1.50 bits per heavy atom. The van der Waals surface area contributed by atoms with Crippen molar-refractivity contribution in [3.63, 3.8) is 0 Å². The molecule has 0 bridgehead atoms. The molecule has 4 nitrogen and oxygen atoms in total. The van der Waals surface area contributed by atoms with Crippen LogP contribution in [0.15, 0.2) is 33.8 Å². The van der Waals surface area contributed by atoms with Crippen molar-refractivity contribution in [2.45, 2.75) is 19.9 Å². The fourth-order valence-electron chi connectivity index (χ4n) is 2.09. The standard InChI is InChI=1S/C13H16BrN3O/c1-9-12(5-6-15)13(18)17(16-9)8-10-3-2-4-11(14)7-10/h2-4,7,12H,5-6,8,15H2,1H3. The topological polar surface area (TPSA) is 58.7 Å². The molecule has 0 aliphatic carbocycles. The summed E-state index contributed by atoms with van der Waals surface area (Å²) in [6, 6.07) is 7.89. The Hall–Kier alpha value is -1.20. The van der Waals surface area contributed by atoms with Gasteiger partial charge in [0, 0.05) is 10.2 Å². The molecule has 0 spiro atoms. The first-order chi connectivity index (χ1) is 8.61. The number of nitrogens with zero attached hydrogens (tertiary/aromatic N) is 2. The van der Waals surface area contributed by atoms with Gasteiger partial charge >= 0.3 is 0 Å². The van der Waals surface area contributed by atoms with Crippen LogP contribution in [0.5, 0.6) is 0 Å². The van der Waals surface area contributed by atoms with Crippen LogP contribution in [-0.4, -0.2) is 23.2 Å². The van der Waals surface area contributed by atoms with Gasteiger partial charge in [-0.2, -0.15) is 5.10 Å². The van der Waals surface area contributed by atoms with E-state index in [1.807, 2.05) is 31.2 Å². The Morgan fingerprint density at radius 3 is 2.94 bits per heavy atom. The Morgan fingerprint density at radius 2 is 2.28 bits per heavy atom. The van der Waals surface area contributed by atoms with Gasteiger partial charge < -0.3 is 5.73 Å². The molecule has 0 radical (unpaired) electrons. The number of rotatable bonds is 4. The fourth-order valence-corrected chi connectivity index (χ4v) is 2.54. The average Bonchev–Trinajstić information content (AvgIpc) is 2.57. The molecule has 1 aromatic carbocycles. The van der Waals surface area contributed by atoms with Crippen molar-refractivity contribution in [3.8, 4) is 0 Å². The van der Waals surface area contributed by atoms with Crippen LogP contribution in [0.3, 0.4) is 0 Å². The van der Waals surface area contributed by atoms with Crippen molar-refractivity contribution in [1.29, 1.82) is 0 Å². The van der Waals surface area contributed by atoms with E-state index in [2.05, 4.69) is 21.0 Å². The largest absolute Gasteiger partial charge is 0.330 e. The molecule has 1 atom stereocenters. The van der Waals surface area contributed by atoms with E-state index in [9.17, 15) is 4.79 Å². The summed E-state index contributed by atoms with van der Waals surface area (Å²) >= 11 is 3.42. The van der Waals surface area contributed by atoms with Gasteiger partial charge in [-0.05, 0) is 37.6 Å². The van der Waals surface area contributed by atoms with E-state index < -0.39 is 0 Å². The molecule has 1 amide bonds. The molecule has 18 heavy (non-hydrogen) atoms. The molecular formula is C13H16BrN3O. The van der Waals surface area contributed by atoms with Crippen LogP contribution >= 0.6 is 15.9 Å². The van der Waals surface area contributed by atoms with E-state index in [4.69, 9.17) is 5.73 Å². The number of hydrogen-bond acceptors (Lipinski definition) is 3. The quantitative estimate of drug-likeness (QED) is 0.926. The Balaban J connectivity index is 2.10. The first-order valence-electron chi connectivity index (χ1n) is 5.93. The first kappa shape index (κ1) is 13.2. The van der Waals surface area contributed by atoms with E-state index in [0.29, 0.717) is 19.5 Å². The van der Waals surface area contributed by atoms with Crippen LogP contribution in [0.25, 0.3) is 0 Å². The van der Waals surface area contributed by atoms with Gasteiger partial charge in [-0.1, -0.05) is 28.1 Å². The molecular weight excluding hydrogens is 294 g/mol. The van der Waals surface area contributed by atoms with Crippen LogP contribution < -0.4 is 5.73 Å². The Kier molecular flexibility index (Phi) is 4.14. The van der Waals surface area contributed by atoms with Gasteiger partial charge in [0.25, 0.3) is 5.91 Å². The van der Waals surface area contributed by atoms with Crippen LogP contribution in [0.4, 0.5) is 0 Å². The second-order valence-corrected chi connectivity index (χ2v) is 5.31. The van der Waals surface area contributed by atoms with Gasteiger partial charge in [0.15, 0.2) is 0 Å². The van der Waals surface area contributed by atoms with Gasteiger partial charge in [0.1, 0.15) is 0 Å². The highest BCUT2D eigenvalue weighted by Gasteiger charge is 2.32. The first-order valence-corrected chi connectivity index (χ1v) is 6.72. The number of hydrazone groups is 1. The van der Waals surface area contributed by atoms with E-state index >= 15 is 0 Å². The molecule has 1 aromatic rings. The lowest BCUT2D eigenvalue weighted by Gasteiger charge is -2.14. The summed E-state index contributed by atoms with van der Waals surface area (Å²) in [6.45, 7) is 2.91. The minimum Gasteiger partial charge on any atom is -0.330 e. The number of carbonyl (C=O) groups is 1. The second kappa shape index (κ2) is 5.63. The summed E-state index contributed by atoms with van der Waals surface area (Å²) in [5, 5.41) is 5.86. The minimum atomic E-state index is -0.137. The number of carbonyl (C=O) groups excluding carboxylic acids is 1. The lowest BCUT2D eigenvalue weighted by atomic mass is 10.0. The van der Waals surface area contributed by atoms with Crippen LogP contribution in [0.1, 0.15) is 18.9 Å². The molecule has 1 aliphatic rings. The highest BCUT2D eigenvalue weighted by molar-refractivity contribution is 9.10. The predicted octanol–water partition coefficient (Wildman–Crippen LogP) is 2.13. The summed E-state index contributed by atoms with van der Waals surface area (Å²) in [5.74, 6) is -0.0833. The van der Waals surface area contributed by atoms with E-state index in [1.165, 1.54) is 5.01 Å². The third kappa shape index (κ3) is 2.79. The maximum Gasteiger partial charge on any atom is 0.251 e. The van der Waals surface area contributed by atoms with Crippen LogP contribution in [0, 0.1) is 5.92 Å². The van der Waals surface area contributed by atoms with E-state index in [-0.39, 0.29) is 11.8 Å². The zero-order valence-electron chi connectivity index (χ0n) is 10.3.